The van der Waals surface area contributed by atoms with Crippen molar-refractivity contribution < 1.29 is 18.6 Å². The van der Waals surface area contributed by atoms with Gasteiger partial charge < -0.3 is 9.84 Å². The lowest BCUT2D eigenvalue weighted by molar-refractivity contribution is 0.177. The third-order valence-corrected chi connectivity index (χ3v) is 2.77. The Morgan fingerprint density at radius 3 is 2.58 bits per heavy atom. The van der Waals surface area contributed by atoms with Gasteiger partial charge in [0.2, 0.25) is 5.88 Å². The Labute approximate surface area is 109 Å². The molecule has 0 amide bonds. The molecule has 0 aliphatic heterocycles. The van der Waals surface area contributed by atoms with Crippen LogP contribution in [-0.4, -0.2) is 17.2 Å². The molecule has 0 bridgehead atoms. The molecule has 0 radical (unpaired) electrons. The molecule has 1 atom stereocenters. The van der Waals surface area contributed by atoms with Gasteiger partial charge in [-0.15, -0.1) is 0 Å². The number of ether oxygens (including phenoxy) is 1. The number of hydrogen-bond donors (Lipinski definition) is 1. The first-order valence-corrected chi connectivity index (χ1v) is 5.72. The van der Waals surface area contributed by atoms with Crippen molar-refractivity contribution in [3.8, 4) is 5.88 Å². The third-order valence-electron chi connectivity index (χ3n) is 2.77. The van der Waals surface area contributed by atoms with Crippen molar-refractivity contribution in [3.05, 3.63) is 59.3 Å². The van der Waals surface area contributed by atoms with E-state index in [9.17, 15) is 13.9 Å². The summed E-state index contributed by atoms with van der Waals surface area (Å²) in [6.45, 7) is 0. The fraction of sp³-hybridized carbons (Fsp3) is 0.214. The second-order valence-electron chi connectivity index (χ2n) is 4.10. The van der Waals surface area contributed by atoms with Crippen molar-refractivity contribution in [2.45, 2.75) is 12.5 Å². The number of nitrogens with zero attached hydrogens (tertiary/aromatic N) is 1. The van der Waals surface area contributed by atoms with Crippen LogP contribution >= 0.6 is 0 Å². The molecule has 0 spiro atoms. The average molecular weight is 265 g/mol. The van der Waals surface area contributed by atoms with Gasteiger partial charge in [0, 0.05) is 18.7 Å². The molecule has 19 heavy (non-hydrogen) atoms. The van der Waals surface area contributed by atoms with Gasteiger partial charge in [-0.05, 0) is 29.3 Å². The number of halogens is 2. The maximum absolute atomic E-state index is 13.0. The molecule has 1 aromatic heterocycles. The van der Waals surface area contributed by atoms with E-state index in [0.29, 0.717) is 17.0 Å². The van der Waals surface area contributed by atoms with Gasteiger partial charge in [0.25, 0.3) is 0 Å². The number of benzene rings is 1. The maximum atomic E-state index is 13.0. The van der Waals surface area contributed by atoms with E-state index in [1.54, 1.807) is 12.1 Å². The molecule has 0 fully saturated rings. The third kappa shape index (κ3) is 3.26. The Morgan fingerprint density at radius 1 is 1.21 bits per heavy atom. The van der Waals surface area contributed by atoms with Crippen LogP contribution in [0.4, 0.5) is 8.78 Å². The molecule has 0 aliphatic carbocycles. The first kappa shape index (κ1) is 13.4. The van der Waals surface area contributed by atoms with Crippen molar-refractivity contribution >= 4 is 0 Å². The van der Waals surface area contributed by atoms with Crippen LogP contribution in [0.1, 0.15) is 17.2 Å². The van der Waals surface area contributed by atoms with Gasteiger partial charge in [-0.2, -0.15) is 0 Å². The van der Waals surface area contributed by atoms with Crippen LogP contribution in [0, 0.1) is 11.6 Å². The standard InChI is InChI=1S/C14H13F2NO2/c1-19-14-5-3-10(8-17-14)13(18)7-9-2-4-11(15)12(16)6-9/h2-6,8,13,18H,7H2,1H3. The van der Waals surface area contributed by atoms with E-state index in [1.807, 2.05) is 0 Å². The van der Waals surface area contributed by atoms with Crippen molar-refractivity contribution in [2.24, 2.45) is 0 Å². The Bertz CT molecular complexity index is 558. The highest BCUT2D eigenvalue weighted by Gasteiger charge is 2.11. The minimum atomic E-state index is -0.919. The zero-order valence-corrected chi connectivity index (χ0v) is 10.3. The predicted molar refractivity (Wildman–Crippen MR) is 65.8 cm³/mol. The van der Waals surface area contributed by atoms with Crippen LogP contribution < -0.4 is 4.74 Å². The van der Waals surface area contributed by atoms with Crippen molar-refractivity contribution in [1.29, 1.82) is 0 Å². The summed E-state index contributed by atoms with van der Waals surface area (Å²) in [7, 11) is 1.50. The summed E-state index contributed by atoms with van der Waals surface area (Å²) in [5, 5.41) is 10.0. The number of rotatable bonds is 4. The maximum Gasteiger partial charge on any atom is 0.212 e. The minimum absolute atomic E-state index is 0.186. The van der Waals surface area contributed by atoms with Crippen LogP contribution in [0.25, 0.3) is 0 Å². The normalized spacial score (nSPS) is 12.2. The predicted octanol–water partition coefficient (Wildman–Crippen LogP) is 2.64. The minimum Gasteiger partial charge on any atom is -0.481 e. The summed E-state index contributed by atoms with van der Waals surface area (Å²) in [5.74, 6) is -1.37. The Morgan fingerprint density at radius 2 is 2.00 bits per heavy atom. The lowest BCUT2D eigenvalue weighted by Gasteiger charge is -2.11. The second-order valence-corrected chi connectivity index (χ2v) is 4.10. The summed E-state index contributed by atoms with van der Waals surface area (Å²) in [5.41, 5.74) is 1.10. The zero-order chi connectivity index (χ0) is 13.8. The molecule has 0 saturated carbocycles. The monoisotopic (exact) mass is 265 g/mol. The number of methoxy groups -OCH3 is 1. The largest absolute Gasteiger partial charge is 0.481 e. The van der Waals surface area contributed by atoms with Gasteiger partial charge in [0.15, 0.2) is 11.6 Å². The van der Waals surface area contributed by atoms with Crippen LogP contribution in [0.5, 0.6) is 5.88 Å². The number of hydrogen-bond acceptors (Lipinski definition) is 3. The number of aliphatic hydroxyl groups excluding tert-OH is 1. The van der Waals surface area contributed by atoms with E-state index in [1.165, 1.54) is 19.4 Å². The molecular weight excluding hydrogens is 252 g/mol. The number of aliphatic hydroxyl groups is 1. The summed E-state index contributed by atoms with van der Waals surface area (Å²) < 4.78 is 30.7. The molecule has 5 heteroatoms. The summed E-state index contributed by atoms with van der Waals surface area (Å²) in [4.78, 5) is 3.98. The molecular formula is C14H13F2NO2. The van der Waals surface area contributed by atoms with E-state index in [0.717, 1.165) is 12.1 Å². The topological polar surface area (TPSA) is 42.4 Å². The molecule has 2 aromatic rings. The van der Waals surface area contributed by atoms with Crippen LogP contribution in [0.2, 0.25) is 0 Å². The quantitative estimate of drug-likeness (QED) is 0.924. The first-order valence-electron chi connectivity index (χ1n) is 5.72. The number of pyridine rings is 1. The molecule has 2 rings (SSSR count). The smallest absolute Gasteiger partial charge is 0.212 e. The molecule has 1 aromatic carbocycles. The highest BCUT2D eigenvalue weighted by molar-refractivity contribution is 5.24. The highest BCUT2D eigenvalue weighted by atomic mass is 19.2. The van der Waals surface area contributed by atoms with Crippen LogP contribution in [-0.2, 0) is 6.42 Å². The van der Waals surface area contributed by atoms with Gasteiger partial charge in [-0.1, -0.05) is 6.07 Å². The molecule has 1 unspecified atom stereocenters. The van der Waals surface area contributed by atoms with Crippen molar-refractivity contribution in [2.75, 3.05) is 7.11 Å². The van der Waals surface area contributed by atoms with E-state index in [2.05, 4.69) is 4.98 Å². The van der Waals surface area contributed by atoms with Gasteiger partial charge in [-0.25, -0.2) is 13.8 Å². The molecule has 3 nitrogen and oxygen atoms in total. The fourth-order valence-electron chi connectivity index (χ4n) is 1.72. The lowest BCUT2D eigenvalue weighted by Crippen LogP contribution is -2.03. The first-order chi connectivity index (χ1) is 9.10. The molecule has 0 saturated heterocycles. The van der Waals surface area contributed by atoms with Gasteiger partial charge in [0.1, 0.15) is 0 Å². The Balaban J connectivity index is 2.10. The highest BCUT2D eigenvalue weighted by Crippen LogP contribution is 2.20. The SMILES string of the molecule is COc1ccc(C(O)Cc2ccc(F)c(F)c2)cn1. The van der Waals surface area contributed by atoms with Gasteiger partial charge in [-0.3, -0.25) is 0 Å². The summed E-state index contributed by atoms with van der Waals surface area (Å²) in [6, 6.07) is 6.87. The summed E-state index contributed by atoms with van der Waals surface area (Å²) in [6.07, 6.45) is 0.845. The van der Waals surface area contributed by atoms with E-state index in [4.69, 9.17) is 4.74 Å². The average Bonchev–Trinajstić information content (AvgIpc) is 2.43. The Hall–Kier alpha value is -2.01. The van der Waals surface area contributed by atoms with E-state index < -0.39 is 17.7 Å². The number of aromatic nitrogens is 1. The van der Waals surface area contributed by atoms with Crippen LogP contribution in [0.15, 0.2) is 36.5 Å². The second kappa shape index (κ2) is 5.75. The van der Waals surface area contributed by atoms with Crippen LogP contribution in [0.3, 0.4) is 0 Å². The van der Waals surface area contributed by atoms with Gasteiger partial charge >= 0.3 is 0 Å². The summed E-state index contributed by atoms with van der Waals surface area (Å²) >= 11 is 0. The Kier molecular flexibility index (Phi) is 4.06. The van der Waals surface area contributed by atoms with Crippen molar-refractivity contribution in [3.63, 3.8) is 0 Å². The molecule has 0 aliphatic rings. The lowest BCUT2D eigenvalue weighted by atomic mass is 10.0. The zero-order valence-electron chi connectivity index (χ0n) is 10.3. The van der Waals surface area contributed by atoms with E-state index in [-0.39, 0.29) is 6.42 Å². The van der Waals surface area contributed by atoms with Crippen molar-refractivity contribution in [1.82, 2.24) is 4.98 Å². The fourth-order valence-corrected chi connectivity index (χ4v) is 1.72. The van der Waals surface area contributed by atoms with Gasteiger partial charge in [0.05, 0.1) is 13.2 Å². The molecule has 1 heterocycles. The molecule has 100 valence electrons. The van der Waals surface area contributed by atoms with E-state index >= 15 is 0 Å². The molecule has 1 N–H and O–H groups in total.